The molecule has 3 saturated heterocycles. The lowest BCUT2D eigenvalue weighted by atomic mass is 9.70. The average molecular weight is 480 g/mol. The Bertz CT molecular complexity index is 1090. The number of hydrogen-bond donors (Lipinski definition) is 1. The molecule has 8 nitrogen and oxygen atoms in total. The van der Waals surface area contributed by atoms with E-state index in [0.29, 0.717) is 17.4 Å². The first kappa shape index (κ1) is 23.6. The van der Waals surface area contributed by atoms with Crippen LogP contribution in [0.1, 0.15) is 54.4 Å². The third kappa shape index (κ3) is 4.59. The van der Waals surface area contributed by atoms with Crippen LogP contribution in [0.25, 0.3) is 0 Å². The standard InChI is InChI=1S/C27H33N3O5/c1-3-17-16-29-13-11-19(17)14-25(29)26(35-27(31)18-4-6-20(7-5-18)30(32)33)22-10-12-28-24-9-8-21(34-2)15-23(22)24/h4-9,15,17,19,22,25-26,28H,3,10-14,16H2,1-2H3/t17-,19-,22-,25-,26+/m0/s1. The average Bonchev–Trinajstić information content (AvgIpc) is 2.91. The van der Waals surface area contributed by atoms with Gasteiger partial charge in [-0.25, -0.2) is 4.79 Å². The Morgan fingerprint density at radius 3 is 2.69 bits per heavy atom. The molecule has 6 rings (SSSR count). The Labute approximate surface area is 205 Å². The summed E-state index contributed by atoms with van der Waals surface area (Å²) in [6.07, 6.45) is 3.94. The van der Waals surface area contributed by atoms with Crippen LogP contribution >= 0.6 is 0 Å². The molecule has 2 aromatic carbocycles. The molecular formula is C27H33N3O5. The maximum atomic E-state index is 13.3. The first-order valence-corrected chi connectivity index (χ1v) is 12.6. The van der Waals surface area contributed by atoms with Crippen molar-refractivity contribution in [2.24, 2.45) is 11.8 Å². The van der Waals surface area contributed by atoms with Crippen LogP contribution in [-0.2, 0) is 4.74 Å². The number of nitro groups is 1. The van der Waals surface area contributed by atoms with Crippen LogP contribution in [0.15, 0.2) is 42.5 Å². The molecule has 4 aliphatic heterocycles. The van der Waals surface area contributed by atoms with E-state index in [1.54, 1.807) is 7.11 Å². The summed E-state index contributed by atoms with van der Waals surface area (Å²) in [6, 6.07) is 11.9. The molecule has 0 spiro atoms. The molecule has 35 heavy (non-hydrogen) atoms. The van der Waals surface area contributed by atoms with Gasteiger partial charge in [0.25, 0.3) is 5.69 Å². The highest BCUT2D eigenvalue weighted by Crippen LogP contribution is 2.45. The van der Waals surface area contributed by atoms with Crippen molar-refractivity contribution in [2.45, 2.75) is 50.7 Å². The molecule has 3 fully saturated rings. The lowest BCUT2D eigenvalue weighted by Gasteiger charge is -2.53. The van der Waals surface area contributed by atoms with Gasteiger partial charge in [-0.05, 0) is 73.5 Å². The van der Waals surface area contributed by atoms with Crippen molar-refractivity contribution in [1.29, 1.82) is 0 Å². The maximum Gasteiger partial charge on any atom is 0.338 e. The van der Waals surface area contributed by atoms with Gasteiger partial charge in [0, 0.05) is 42.9 Å². The monoisotopic (exact) mass is 479 g/mol. The van der Waals surface area contributed by atoms with Crippen molar-refractivity contribution in [3.8, 4) is 5.75 Å². The molecular weight excluding hydrogens is 446 g/mol. The number of hydrogen-bond acceptors (Lipinski definition) is 7. The predicted octanol–water partition coefficient (Wildman–Crippen LogP) is 4.85. The number of piperidine rings is 3. The lowest BCUT2D eigenvalue weighted by molar-refractivity contribution is -0.384. The van der Waals surface area contributed by atoms with Gasteiger partial charge in [-0.2, -0.15) is 0 Å². The smallest absolute Gasteiger partial charge is 0.338 e. The summed E-state index contributed by atoms with van der Waals surface area (Å²) in [5.41, 5.74) is 2.47. The normalized spacial score (nSPS) is 27.9. The summed E-state index contributed by atoms with van der Waals surface area (Å²) >= 11 is 0. The predicted molar refractivity (Wildman–Crippen MR) is 133 cm³/mol. The molecule has 1 unspecified atom stereocenters. The van der Waals surface area contributed by atoms with Crippen molar-refractivity contribution < 1.29 is 19.2 Å². The largest absolute Gasteiger partial charge is 0.497 e. The van der Waals surface area contributed by atoms with Crippen molar-refractivity contribution >= 4 is 17.3 Å². The molecule has 2 aromatic rings. The topological polar surface area (TPSA) is 93.9 Å². The second kappa shape index (κ2) is 9.85. The molecule has 6 atom stereocenters. The molecule has 0 aromatic heterocycles. The number of rotatable bonds is 7. The van der Waals surface area contributed by atoms with Gasteiger partial charge >= 0.3 is 5.97 Å². The second-order valence-electron chi connectivity index (χ2n) is 9.96. The minimum atomic E-state index is -0.465. The van der Waals surface area contributed by atoms with Gasteiger partial charge in [-0.3, -0.25) is 15.0 Å². The first-order chi connectivity index (χ1) is 17.0. The highest BCUT2D eigenvalue weighted by atomic mass is 16.6. The van der Waals surface area contributed by atoms with Crippen LogP contribution in [-0.4, -0.2) is 54.7 Å². The van der Waals surface area contributed by atoms with E-state index in [1.165, 1.54) is 37.1 Å². The van der Waals surface area contributed by atoms with E-state index >= 15 is 0 Å². The summed E-state index contributed by atoms with van der Waals surface area (Å²) in [6.45, 7) is 5.16. The van der Waals surface area contributed by atoms with Crippen LogP contribution in [0.4, 0.5) is 11.4 Å². The zero-order valence-electron chi connectivity index (χ0n) is 20.3. The summed E-state index contributed by atoms with van der Waals surface area (Å²) < 4.78 is 11.9. The third-order valence-electron chi connectivity index (χ3n) is 8.22. The number of esters is 1. The fourth-order valence-corrected chi connectivity index (χ4v) is 6.32. The molecule has 4 heterocycles. The highest BCUT2D eigenvalue weighted by molar-refractivity contribution is 5.89. The van der Waals surface area contributed by atoms with Crippen molar-refractivity contribution in [3.05, 3.63) is 63.7 Å². The number of fused-ring (bicyclic) bond motifs is 4. The summed E-state index contributed by atoms with van der Waals surface area (Å²) in [5, 5.41) is 14.5. The van der Waals surface area contributed by atoms with E-state index in [0.717, 1.165) is 49.5 Å². The van der Waals surface area contributed by atoms with Crippen molar-refractivity contribution in [2.75, 3.05) is 32.1 Å². The van der Waals surface area contributed by atoms with Gasteiger partial charge in [-0.1, -0.05) is 13.3 Å². The van der Waals surface area contributed by atoms with Gasteiger partial charge in [0.1, 0.15) is 11.9 Å². The van der Waals surface area contributed by atoms with Gasteiger partial charge in [0.05, 0.1) is 17.6 Å². The van der Waals surface area contributed by atoms with Gasteiger partial charge in [0.15, 0.2) is 0 Å². The summed E-state index contributed by atoms with van der Waals surface area (Å²) in [4.78, 5) is 26.4. The van der Waals surface area contributed by atoms with E-state index in [4.69, 9.17) is 9.47 Å². The van der Waals surface area contributed by atoms with E-state index in [9.17, 15) is 14.9 Å². The van der Waals surface area contributed by atoms with E-state index < -0.39 is 10.9 Å². The number of carbonyl (C=O) groups excluding carboxylic acids is 1. The number of ether oxygens (including phenoxy) is 2. The minimum Gasteiger partial charge on any atom is -0.497 e. The van der Waals surface area contributed by atoms with Crippen molar-refractivity contribution in [1.82, 2.24) is 4.90 Å². The number of carbonyl (C=O) groups is 1. The van der Waals surface area contributed by atoms with Crippen molar-refractivity contribution in [3.63, 3.8) is 0 Å². The van der Waals surface area contributed by atoms with Crippen LogP contribution in [0.5, 0.6) is 5.75 Å². The quantitative estimate of drug-likeness (QED) is 0.345. The van der Waals surface area contributed by atoms with Crippen LogP contribution < -0.4 is 10.1 Å². The Morgan fingerprint density at radius 1 is 1.23 bits per heavy atom. The second-order valence-corrected chi connectivity index (χ2v) is 9.96. The van der Waals surface area contributed by atoms with E-state index in [-0.39, 0.29) is 23.8 Å². The van der Waals surface area contributed by atoms with Gasteiger partial charge < -0.3 is 14.8 Å². The lowest BCUT2D eigenvalue weighted by Crippen LogP contribution is -2.59. The number of methoxy groups -OCH3 is 1. The van der Waals surface area contributed by atoms with Crippen LogP contribution in [0.3, 0.4) is 0 Å². The summed E-state index contributed by atoms with van der Waals surface area (Å²) in [7, 11) is 1.66. The minimum absolute atomic E-state index is 0.0350. The molecule has 0 amide bonds. The molecule has 0 saturated carbocycles. The molecule has 186 valence electrons. The van der Waals surface area contributed by atoms with Gasteiger partial charge in [0.2, 0.25) is 0 Å². The Balaban J connectivity index is 1.47. The Morgan fingerprint density at radius 2 is 2.03 bits per heavy atom. The number of nitrogens with one attached hydrogen (secondary N) is 1. The van der Waals surface area contributed by atoms with E-state index in [1.807, 2.05) is 12.1 Å². The summed E-state index contributed by atoms with van der Waals surface area (Å²) in [5.74, 6) is 1.75. The third-order valence-corrected chi connectivity index (χ3v) is 8.22. The Kier molecular flexibility index (Phi) is 6.65. The molecule has 2 bridgehead atoms. The zero-order chi connectivity index (χ0) is 24.5. The SMILES string of the molecule is CC[C@H]1CN2CC[C@H]1C[C@H]2[C@H](OC(=O)c1ccc([N+](=O)[O-])cc1)[C@H]1CCNc2ccc(OC)cc21. The Hall–Kier alpha value is -3.13. The fourth-order valence-electron chi connectivity index (χ4n) is 6.32. The molecule has 4 aliphatic rings. The number of non-ortho nitro benzene ring substituents is 1. The maximum absolute atomic E-state index is 13.3. The van der Waals surface area contributed by atoms with Crippen LogP contribution in [0, 0.1) is 22.0 Å². The first-order valence-electron chi connectivity index (χ1n) is 12.6. The van der Waals surface area contributed by atoms with Gasteiger partial charge in [-0.15, -0.1) is 0 Å². The molecule has 0 radical (unpaired) electrons. The number of nitrogens with zero attached hydrogens (tertiary/aromatic N) is 2. The number of benzene rings is 2. The molecule has 8 heteroatoms. The number of nitro benzene ring substituents is 1. The molecule has 0 aliphatic carbocycles. The fraction of sp³-hybridized carbons (Fsp3) is 0.519. The zero-order valence-corrected chi connectivity index (χ0v) is 20.3. The molecule has 1 N–H and O–H groups in total. The van der Waals surface area contributed by atoms with E-state index in [2.05, 4.69) is 23.2 Å². The number of anilines is 1. The van der Waals surface area contributed by atoms with Crippen LogP contribution in [0.2, 0.25) is 0 Å². The highest BCUT2D eigenvalue weighted by Gasteiger charge is 2.47.